The Morgan fingerprint density at radius 3 is 2.28 bits per heavy atom. The van der Waals surface area contributed by atoms with E-state index >= 15 is 0 Å². The van der Waals surface area contributed by atoms with Gasteiger partial charge in [0, 0.05) is 25.7 Å². The fourth-order valence-corrected chi connectivity index (χ4v) is 1.69. The second-order valence-corrected chi connectivity index (χ2v) is 5.90. The van der Waals surface area contributed by atoms with E-state index in [9.17, 15) is 0 Å². The van der Waals surface area contributed by atoms with Gasteiger partial charge in [0.1, 0.15) is 0 Å². The van der Waals surface area contributed by atoms with Gasteiger partial charge >= 0.3 is 0 Å². The maximum Gasteiger partial charge on any atom is 0.191 e. The summed E-state index contributed by atoms with van der Waals surface area (Å²) in [7, 11) is 1.80. The standard InChI is InChI=1S/C14H31N3O/c1-8-18-12(11(2)3)9-10-16-13(15-7)17-14(4,5)6/h11-12H,8-10H2,1-7H3,(H2,15,16,17). The lowest BCUT2D eigenvalue weighted by Gasteiger charge is -2.25. The molecule has 0 bridgehead atoms. The molecule has 0 saturated carbocycles. The molecule has 0 radical (unpaired) electrons. The Balaban J connectivity index is 4.07. The molecule has 0 spiro atoms. The average molecular weight is 257 g/mol. The van der Waals surface area contributed by atoms with E-state index in [1.807, 2.05) is 6.92 Å². The minimum absolute atomic E-state index is 0.0270. The van der Waals surface area contributed by atoms with Crippen LogP contribution in [0.4, 0.5) is 0 Å². The first-order valence-electron chi connectivity index (χ1n) is 6.90. The molecule has 0 aromatic carbocycles. The van der Waals surface area contributed by atoms with Gasteiger partial charge < -0.3 is 15.4 Å². The number of guanidine groups is 1. The third kappa shape index (κ3) is 8.34. The van der Waals surface area contributed by atoms with Crippen LogP contribution in [0.5, 0.6) is 0 Å². The number of aliphatic imine (C=N–C) groups is 1. The van der Waals surface area contributed by atoms with Crippen molar-refractivity contribution in [1.29, 1.82) is 0 Å². The molecule has 0 aromatic rings. The maximum absolute atomic E-state index is 5.72. The van der Waals surface area contributed by atoms with Crippen LogP contribution < -0.4 is 10.6 Å². The number of hydrogen-bond donors (Lipinski definition) is 2. The van der Waals surface area contributed by atoms with E-state index in [2.05, 4.69) is 50.2 Å². The van der Waals surface area contributed by atoms with E-state index in [0.29, 0.717) is 12.0 Å². The molecule has 0 fully saturated rings. The molecule has 18 heavy (non-hydrogen) atoms. The van der Waals surface area contributed by atoms with Crippen LogP contribution in [0.25, 0.3) is 0 Å². The molecule has 0 rings (SSSR count). The van der Waals surface area contributed by atoms with Crippen molar-refractivity contribution < 1.29 is 4.74 Å². The number of nitrogens with zero attached hydrogens (tertiary/aromatic N) is 1. The summed E-state index contributed by atoms with van der Waals surface area (Å²) >= 11 is 0. The van der Waals surface area contributed by atoms with Crippen LogP contribution in [-0.4, -0.2) is 37.8 Å². The monoisotopic (exact) mass is 257 g/mol. The molecule has 0 aliphatic rings. The van der Waals surface area contributed by atoms with E-state index in [1.165, 1.54) is 0 Å². The summed E-state index contributed by atoms with van der Waals surface area (Å²) in [4.78, 5) is 4.21. The quantitative estimate of drug-likeness (QED) is 0.567. The summed E-state index contributed by atoms with van der Waals surface area (Å²) in [5, 5.41) is 6.67. The minimum Gasteiger partial charge on any atom is -0.378 e. The van der Waals surface area contributed by atoms with Crippen LogP contribution in [0.2, 0.25) is 0 Å². The molecule has 1 unspecified atom stereocenters. The predicted molar refractivity (Wildman–Crippen MR) is 79.1 cm³/mol. The summed E-state index contributed by atoms with van der Waals surface area (Å²) < 4.78 is 5.72. The topological polar surface area (TPSA) is 45.6 Å². The SMILES string of the molecule is CCOC(CCNC(=NC)NC(C)(C)C)C(C)C. The molecule has 2 N–H and O–H groups in total. The van der Waals surface area contributed by atoms with Crippen LogP contribution in [0.1, 0.15) is 48.0 Å². The van der Waals surface area contributed by atoms with Gasteiger partial charge in [-0.05, 0) is 40.0 Å². The summed E-state index contributed by atoms with van der Waals surface area (Å²) in [5.41, 5.74) is 0.0270. The number of nitrogens with one attached hydrogen (secondary N) is 2. The normalized spacial score (nSPS) is 14.8. The van der Waals surface area contributed by atoms with Crippen molar-refractivity contribution in [2.24, 2.45) is 10.9 Å². The summed E-state index contributed by atoms with van der Waals surface area (Å²) in [6, 6.07) is 0. The van der Waals surface area contributed by atoms with Gasteiger partial charge in [0.2, 0.25) is 0 Å². The first-order chi connectivity index (χ1) is 8.30. The van der Waals surface area contributed by atoms with E-state index < -0.39 is 0 Å². The van der Waals surface area contributed by atoms with Gasteiger partial charge in [-0.3, -0.25) is 4.99 Å². The second-order valence-electron chi connectivity index (χ2n) is 5.90. The number of hydrogen-bond acceptors (Lipinski definition) is 2. The molecule has 108 valence electrons. The van der Waals surface area contributed by atoms with Crippen LogP contribution in [0.15, 0.2) is 4.99 Å². The molecule has 0 saturated heterocycles. The lowest BCUT2D eigenvalue weighted by Crippen LogP contribution is -2.48. The Labute approximate surface area is 113 Å². The second kappa shape index (κ2) is 8.35. The number of rotatable bonds is 6. The van der Waals surface area contributed by atoms with E-state index in [-0.39, 0.29) is 5.54 Å². The van der Waals surface area contributed by atoms with Crippen LogP contribution in [-0.2, 0) is 4.74 Å². The lowest BCUT2D eigenvalue weighted by atomic mass is 10.0. The Morgan fingerprint density at radius 1 is 1.28 bits per heavy atom. The molecule has 1 atom stereocenters. The van der Waals surface area contributed by atoms with Crippen molar-refractivity contribution in [2.45, 2.75) is 59.6 Å². The fourth-order valence-electron chi connectivity index (χ4n) is 1.69. The van der Waals surface area contributed by atoms with Gasteiger partial charge in [0.05, 0.1) is 6.10 Å². The average Bonchev–Trinajstić information content (AvgIpc) is 2.24. The number of ether oxygens (including phenoxy) is 1. The van der Waals surface area contributed by atoms with Crippen LogP contribution in [0.3, 0.4) is 0 Å². The van der Waals surface area contributed by atoms with Gasteiger partial charge in [-0.25, -0.2) is 0 Å². The first kappa shape index (κ1) is 17.2. The molecular weight excluding hydrogens is 226 g/mol. The van der Waals surface area contributed by atoms with Crippen molar-refractivity contribution in [3.63, 3.8) is 0 Å². The van der Waals surface area contributed by atoms with Crippen LogP contribution >= 0.6 is 0 Å². The fraction of sp³-hybridized carbons (Fsp3) is 0.929. The predicted octanol–water partition coefficient (Wildman–Crippen LogP) is 2.40. The molecule has 0 amide bonds. The minimum atomic E-state index is 0.0270. The molecule has 4 nitrogen and oxygen atoms in total. The Morgan fingerprint density at radius 2 is 1.89 bits per heavy atom. The van der Waals surface area contributed by atoms with E-state index in [0.717, 1.165) is 25.5 Å². The molecule has 4 heteroatoms. The van der Waals surface area contributed by atoms with Crippen molar-refractivity contribution in [2.75, 3.05) is 20.2 Å². The zero-order valence-corrected chi connectivity index (χ0v) is 13.1. The first-order valence-corrected chi connectivity index (χ1v) is 6.90. The lowest BCUT2D eigenvalue weighted by molar-refractivity contribution is 0.0258. The Bertz CT molecular complexity index is 244. The van der Waals surface area contributed by atoms with Crippen LogP contribution in [0, 0.1) is 5.92 Å². The highest BCUT2D eigenvalue weighted by Gasteiger charge is 2.14. The van der Waals surface area contributed by atoms with Gasteiger partial charge in [-0.15, -0.1) is 0 Å². The van der Waals surface area contributed by atoms with Crippen molar-refractivity contribution in [3.05, 3.63) is 0 Å². The van der Waals surface area contributed by atoms with Crippen molar-refractivity contribution in [3.8, 4) is 0 Å². The maximum atomic E-state index is 5.72. The van der Waals surface area contributed by atoms with Gasteiger partial charge in [0.25, 0.3) is 0 Å². The summed E-state index contributed by atoms with van der Waals surface area (Å²) in [6.45, 7) is 14.5. The van der Waals surface area contributed by atoms with E-state index in [4.69, 9.17) is 4.74 Å². The van der Waals surface area contributed by atoms with E-state index in [1.54, 1.807) is 7.05 Å². The smallest absolute Gasteiger partial charge is 0.191 e. The molecule has 0 aromatic heterocycles. The van der Waals surface area contributed by atoms with Crippen molar-refractivity contribution in [1.82, 2.24) is 10.6 Å². The zero-order chi connectivity index (χ0) is 14.2. The Hall–Kier alpha value is -0.770. The largest absolute Gasteiger partial charge is 0.378 e. The van der Waals surface area contributed by atoms with Gasteiger partial charge in [-0.1, -0.05) is 13.8 Å². The third-order valence-corrected chi connectivity index (χ3v) is 2.56. The Kier molecular flexibility index (Phi) is 8.00. The summed E-state index contributed by atoms with van der Waals surface area (Å²) in [6.07, 6.45) is 1.31. The molecule has 0 aliphatic carbocycles. The summed E-state index contributed by atoms with van der Waals surface area (Å²) in [5.74, 6) is 1.39. The highest BCUT2D eigenvalue weighted by molar-refractivity contribution is 5.80. The zero-order valence-electron chi connectivity index (χ0n) is 13.1. The molecule has 0 aliphatic heterocycles. The third-order valence-electron chi connectivity index (χ3n) is 2.56. The van der Waals surface area contributed by atoms with Gasteiger partial charge in [0.15, 0.2) is 5.96 Å². The molecular formula is C14H31N3O. The van der Waals surface area contributed by atoms with Gasteiger partial charge in [-0.2, -0.15) is 0 Å². The van der Waals surface area contributed by atoms with Crippen molar-refractivity contribution >= 4 is 5.96 Å². The highest BCUT2D eigenvalue weighted by Crippen LogP contribution is 2.09. The highest BCUT2D eigenvalue weighted by atomic mass is 16.5. The molecule has 0 heterocycles.